The monoisotopic (exact) mass is 621 g/mol. The number of carbonyl (C=O) groups is 2. The molecule has 0 amide bonds. The lowest BCUT2D eigenvalue weighted by atomic mass is 10.0. The Kier molecular flexibility index (Phi) is 29.3. The summed E-state index contributed by atoms with van der Waals surface area (Å²) in [6.45, 7) is 3.67. The van der Waals surface area contributed by atoms with E-state index in [9.17, 15) is 19.0 Å². The maximum atomic E-state index is 12.4. The summed E-state index contributed by atoms with van der Waals surface area (Å²) >= 11 is 0. The zero-order valence-electron chi connectivity index (χ0n) is 27.0. The van der Waals surface area contributed by atoms with Crippen molar-refractivity contribution >= 4 is 19.8 Å². The van der Waals surface area contributed by atoms with Gasteiger partial charge in [0.05, 0.1) is 13.2 Å². The minimum atomic E-state index is -4.35. The van der Waals surface area contributed by atoms with E-state index < -0.39 is 26.5 Å². The lowest BCUT2D eigenvalue weighted by Gasteiger charge is -2.19. The zero-order chi connectivity index (χ0) is 31.2. The third kappa shape index (κ3) is 29.1. The minimum Gasteiger partial charge on any atom is -0.462 e. The SMILES string of the molecule is CCCCCCCCCCCCCCCCC(=O)OC[C@@H](COP(=O)(O)OCCN)OC(=O)CCCCCCCCC. The molecule has 0 aromatic heterocycles. The predicted molar refractivity (Wildman–Crippen MR) is 169 cm³/mol. The Morgan fingerprint density at radius 3 is 1.45 bits per heavy atom. The van der Waals surface area contributed by atoms with Crippen LogP contribution >= 0.6 is 7.82 Å². The van der Waals surface area contributed by atoms with Gasteiger partial charge in [-0.2, -0.15) is 0 Å². The molecule has 42 heavy (non-hydrogen) atoms. The third-order valence-electron chi connectivity index (χ3n) is 7.24. The van der Waals surface area contributed by atoms with Crippen molar-refractivity contribution in [2.45, 2.75) is 168 Å². The van der Waals surface area contributed by atoms with Crippen LogP contribution < -0.4 is 5.73 Å². The Bertz CT molecular complexity index is 679. The van der Waals surface area contributed by atoms with E-state index in [1.165, 1.54) is 89.9 Å². The molecule has 0 aliphatic rings. The van der Waals surface area contributed by atoms with Crippen molar-refractivity contribution in [3.05, 3.63) is 0 Å². The second kappa shape index (κ2) is 30.1. The van der Waals surface area contributed by atoms with Crippen LogP contribution in [0.1, 0.15) is 162 Å². The Balaban J connectivity index is 4.17. The summed E-state index contributed by atoms with van der Waals surface area (Å²) < 4.78 is 32.4. The molecule has 10 heteroatoms. The van der Waals surface area contributed by atoms with Crippen LogP contribution in [0.3, 0.4) is 0 Å². The quantitative estimate of drug-likeness (QED) is 0.0430. The number of phosphoric acid groups is 1. The number of unbranched alkanes of at least 4 members (excludes halogenated alkanes) is 19. The van der Waals surface area contributed by atoms with E-state index in [-0.39, 0.29) is 38.6 Å². The van der Waals surface area contributed by atoms with Gasteiger partial charge in [-0.05, 0) is 12.8 Å². The highest BCUT2D eigenvalue weighted by atomic mass is 31.2. The average Bonchev–Trinajstić information content (AvgIpc) is 2.97. The Labute approximate surface area is 257 Å². The van der Waals surface area contributed by atoms with Gasteiger partial charge in [-0.15, -0.1) is 0 Å². The van der Waals surface area contributed by atoms with Gasteiger partial charge in [-0.25, -0.2) is 4.57 Å². The first kappa shape index (κ1) is 41.0. The summed E-state index contributed by atoms with van der Waals surface area (Å²) in [7, 11) is -4.35. The van der Waals surface area contributed by atoms with Crippen molar-refractivity contribution in [3.63, 3.8) is 0 Å². The lowest BCUT2D eigenvalue weighted by molar-refractivity contribution is -0.161. The number of hydrogen-bond acceptors (Lipinski definition) is 8. The molecule has 0 bridgehead atoms. The Morgan fingerprint density at radius 1 is 0.619 bits per heavy atom. The first-order valence-corrected chi connectivity index (χ1v) is 18.5. The van der Waals surface area contributed by atoms with Crippen LogP contribution in [0.2, 0.25) is 0 Å². The molecule has 0 rings (SSSR count). The molecule has 2 atom stereocenters. The second-order valence-corrected chi connectivity index (χ2v) is 12.9. The van der Waals surface area contributed by atoms with Crippen molar-refractivity contribution < 1.29 is 37.6 Å². The summed E-state index contributed by atoms with van der Waals surface area (Å²) in [6, 6.07) is 0. The molecule has 0 aromatic carbocycles. The van der Waals surface area contributed by atoms with Gasteiger partial charge in [0.15, 0.2) is 6.10 Å². The zero-order valence-corrected chi connectivity index (χ0v) is 27.9. The molecule has 3 N–H and O–H groups in total. The van der Waals surface area contributed by atoms with Gasteiger partial charge in [0.1, 0.15) is 6.61 Å². The molecule has 0 saturated heterocycles. The number of hydrogen-bond donors (Lipinski definition) is 2. The molecule has 0 aliphatic carbocycles. The maximum absolute atomic E-state index is 12.4. The summed E-state index contributed by atoms with van der Waals surface area (Å²) in [5.74, 6) is -0.829. The van der Waals surface area contributed by atoms with Gasteiger partial charge in [-0.1, -0.05) is 136 Å². The van der Waals surface area contributed by atoms with E-state index in [0.717, 1.165) is 38.5 Å². The number of rotatable bonds is 32. The van der Waals surface area contributed by atoms with Gasteiger partial charge >= 0.3 is 19.8 Å². The fraction of sp³-hybridized carbons (Fsp3) is 0.938. The minimum absolute atomic E-state index is 0.0572. The molecule has 0 saturated carbocycles. The molecule has 1 unspecified atom stereocenters. The van der Waals surface area contributed by atoms with Crippen LogP contribution in [0.5, 0.6) is 0 Å². The first-order valence-electron chi connectivity index (χ1n) is 17.0. The van der Waals surface area contributed by atoms with Crippen LogP contribution in [0, 0.1) is 0 Å². The molecule has 9 nitrogen and oxygen atoms in total. The summed E-state index contributed by atoms with van der Waals surface area (Å²) in [6.07, 6.45) is 24.4. The molecule has 0 spiro atoms. The van der Waals surface area contributed by atoms with Crippen LogP contribution in [-0.4, -0.2) is 49.3 Å². The largest absolute Gasteiger partial charge is 0.472 e. The summed E-state index contributed by atoms with van der Waals surface area (Å²) in [5, 5.41) is 0. The smallest absolute Gasteiger partial charge is 0.462 e. The van der Waals surface area contributed by atoms with Gasteiger partial charge in [-0.3, -0.25) is 18.6 Å². The molecule has 0 fully saturated rings. The average molecular weight is 622 g/mol. The number of ether oxygens (including phenoxy) is 2. The van der Waals surface area contributed by atoms with Gasteiger partial charge in [0, 0.05) is 19.4 Å². The number of carbonyl (C=O) groups excluding carboxylic acids is 2. The van der Waals surface area contributed by atoms with E-state index in [2.05, 4.69) is 13.8 Å². The van der Waals surface area contributed by atoms with E-state index in [1.807, 2.05) is 0 Å². The summed E-state index contributed by atoms with van der Waals surface area (Å²) in [4.78, 5) is 34.4. The van der Waals surface area contributed by atoms with Gasteiger partial charge in [0.2, 0.25) is 0 Å². The van der Waals surface area contributed by atoms with Gasteiger partial charge < -0.3 is 20.1 Å². The van der Waals surface area contributed by atoms with Crippen molar-refractivity contribution in [2.75, 3.05) is 26.4 Å². The normalized spacial score (nSPS) is 13.5. The van der Waals surface area contributed by atoms with Crippen LogP contribution in [0.15, 0.2) is 0 Å². The standard InChI is InChI=1S/C32H64NO8P/c1-3-5-7-9-11-12-13-14-15-16-17-19-20-22-24-31(34)38-28-30(29-40-42(36,37)39-27-26-33)41-32(35)25-23-21-18-10-8-6-4-2/h30H,3-29,33H2,1-2H3,(H,36,37)/t30-/m0/s1. The van der Waals surface area contributed by atoms with Crippen LogP contribution in [0.25, 0.3) is 0 Å². The fourth-order valence-electron chi connectivity index (χ4n) is 4.69. The number of phosphoric ester groups is 1. The predicted octanol–water partition coefficient (Wildman–Crippen LogP) is 8.55. The van der Waals surface area contributed by atoms with E-state index in [0.29, 0.717) is 6.42 Å². The Morgan fingerprint density at radius 2 is 1.02 bits per heavy atom. The van der Waals surface area contributed by atoms with Crippen molar-refractivity contribution in [2.24, 2.45) is 5.73 Å². The highest BCUT2D eigenvalue weighted by molar-refractivity contribution is 7.47. The van der Waals surface area contributed by atoms with Gasteiger partial charge in [0.25, 0.3) is 0 Å². The topological polar surface area (TPSA) is 134 Å². The second-order valence-electron chi connectivity index (χ2n) is 11.4. The molecule has 0 radical (unpaired) electrons. The molecule has 0 aromatic rings. The highest BCUT2D eigenvalue weighted by Gasteiger charge is 2.25. The third-order valence-corrected chi connectivity index (χ3v) is 8.23. The molecular formula is C32H64NO8P. The van der Waals surface area contributed by atoms with E-state index >= 15 is 0 Å². The van der Waals surface area contributed by atoms with E-state index in [4.69, 9.17) is 24.3 Å². The molecule has 250 valence electrons. The van der Waals surface area contributed by atoms with Crippen molar-refractivity contribution in [1.82, 2.24) is 0 Å². The van der Waals surface area contributed by atoms with Crippen molar-refractivity contribution in [3.8, 4) is 0 Å². The summed E-state index contributed by atoms with van der Waals surface area (Å²) in [5.41, 5.74) is 5.30. The molecule has 0 aliphatic heterocycles. The number of esters is 2. The fourth-order valence-corrected chi connectivity index (χ4v) is 5.46. The molecule has 0 heterocycles. The Hall–Kier alpha value is -0.990. The maximum Gasteiger partial charge on any atom is 0.472 e. The van der Waals surface area contributed by atoms with E-state index in [1.54, 1.807) is 0 Å². The van der Waals surface area contributed by atoms with Crippen LogP contribution in [0.4, 0.5) is 0 Å². The highest BCUT2D eigenvalue weighted by Crippen LogP contribution is 2.43. The lowest BCUT2D eigenvalue weighted by Crippen LogP contribution is -2.29. The molecular weight excluding hydrogens is 557 g/mol. The first-order chi connectivity index (χ1) is 20.3. The number of nitrogens with two attached hydrogens (primary N) is 1. The van der Waals surface area contributed by atoms with Crippen molar-refractivity contribution in [1.29, 1.82) is 0 Å². The van der Waals surface area contributed by atoms with Crippen LogP contribution in [-0.2, 0) is 32.7 Å².